The van der Waals surface area contributed by atoms with Crippen LogP contribution in [0.1, 0.15) is 25.0 Å². The maximum absolute atomic E-state index is 11.4. The van der Waals surface area contributed by atoms with Crippen molar-refractivity contribution in [3.05, 3.63) is 35.4 Å². The highest BCUT2D eigenvalue weighted by molar-refractivity contribution is 5.72. The van der Waals surface area contributed by atoms with E-state index in [1.54, 1.807) is 38.1 Å². The average Bonchev–Trinajstić information content (AvgIpc) is 2.26. The number of ether oxygens (including phenoxy) is 1. The molecule has 0 aliphatic heterocycles. The minimum Gasteiger partial charge on any atom is -0.463 e. The quantitative estimate of drug-likeness (QED) is 0.595. The lowest BCUT2D eigenvalue weighted by Gasteiger charge is -2.09. The average molecular weight is 255 g/mol. The summed E-state index contributed by atoms with van der Waals surface area (Å²) >= 11 is 0. The number of hydrogen-bond acceptors (Lipinski definition) is 6. The number of carbonyl (C=O) groups is 1. The first-order chi connectivity index (χ1) is 8.47. The van der Waals surface area contributed by atoms with Gasteiger partial charge in [0.15, 0.2) is 0 Å². The lowest BCUT2D eigenvalue weighted by molar-refractivity contribution is -0.497. The molecule has 18 heavy (non-hydrogen) atoms. The summed E-state index contributed by atoms with van der Waals surface area (Å²) in [5.41, 5.74) is 1.58. The van der Waals surface area contributed by atoms with Crippen LogP contribution in [0.25, 0.3) is 0 Å². The zero-order valence-electron chi connectivity index (χ0n) is 10.4. The molecule has 0 bridgehead atoms. The van der Waals surface area contributed by atoms with Gasteiger partial charge in [-0.1, -0.05) is 24.3 Å². The Hall–Kier alpha value is -1.47. The predicted octanol–water partition coefficient (Wildman–Crippen LogP) is 1.69. The van der Waals surface area contributed by atoms with Crippen LogP contribution in [0.3, 0.4) is 0 Å². The van der Waals surface area contributed by atoms with Crippen LogP contribution in [-0.4, -0.2) is 27.9 Å². The highest BCUT2D eigenvalue weighted by Crippen LogP contribution is 2.08. The van der Waals surface area contributed by atoms with E-state index in [1.807, 2.05) is 0 Å². The summed E-state index contributed by atoms with van der Waals surface area (Å²) < 4.78 is 5.03. The summed E-state index contributed by atoms with van der Waals surface area (Å²) in [5.74, 6) is -0.272. The van der Waals surface area contributed by atoms with E-state index in [9.17, 15) is 4.79 Å². The summed E-state index contributed by atoms with van der Waals surface area (Å²) in [6, 6.07) is 7.00. The van der Waals surface area contributed by atoms with Crippen LogP contribution in [-0.2, 0) is 27.4 Å². The summed E-state index contributed by atoms with van der Waals surface area (Å²) in [7, 11) is 0. The van der Waals surface area contributed by atoms with Crippen molar-refractivity contribution in [1.29, 1.82) is 0 Å². The van der Waals surface area contributed by atoms with Gasteiger partial charge >= 0.3 is 5.97 Å². The minimum absolute atomic E-state index is 0.0315. The molecule has 2 N–H and O–H groups in total. The van der Waals surface area contributed by atoms with Gasteiger partial charge in [0.05, 0.1) is 24.5 Å². The maximum atomic E-state index is 11.4. The highest BCUT2D eigenvalue weighted by atomic mass is 17.1. The van der Waals surface area contributed by atoms with Crippen molar-refractivity contribution in [2.45, 2.75) is 33.0 Å². The van der Waals surface area contributed by atoms with Crippen LogP contribution in [0.15, 0.2) is 24.3 Å². The summed E-state index contributed by atoms with van der Waals surface area (Å²) in [5, 5.41) is 16.4. The summed E-state index contributed by atoms with van der Waals surface area (Å²) in [6.07, 6.45) is 0.0936. The molecule has 0 saturated carbocycles. The second-order valence-corrected chi connectivity index (χ2v) is 4.06. The second-order valence-electron chi connectivity index (χ2n) is 4.06. The van der Waals surface area contributed by atoms with Crippen LogP contribution >= 0.6 is 0 Å². The fourth-order valence-electron chi connectivity index (χ4n) is 1.36. The van der Waals surface area contributed by atoms with E-state index in [2.05, 4.69) is 4.84 Å². The van der Waals surface area contributed by atoms with Crippen LogP contribution in [0.2, 0.25) is 0 Å². The van der Waals surface area contributed by atoms with Gasteiger partial charge in [-0.2, -0.15) is 0 Å². The Morgan fingerprint density at radius 1 is 1.22 bits per heavy atom. The van der Waals surface area contributed by atoms with Gasteiger partial charge in [-0.25, -0.2) is 4.84 Å². The number of carbonyl (C=O) groups excluding carboxylic acids is 1. The Labute approximate surface area is 105 Å². The van der Waals surface area contributed by atoms with Crippen LogP contribution < -0.4 is 0 Å². The van der Waals surface area contributed by atoms with E-state index in [-0.39, 0.29) is 30.5 Å². The topological polar surface area (TPSA) is 79.2 Å². The third-order valence-electron chi connectivity index (χ3n) is 2.09. The highest BCUT2D eigenvalue weighted by Gasteiger charge is 2.07. The molecular formula is C12H17NO5. The fraction of sp³-hybridized carbons (Fsp3) is 0.417. The molecule has 0 unspecified atom stereocenters. The standard InChI is InChI=1S/C12H17NO5/c1-9(2)18-12(14)7-10-3-5-11(6-4-10)8-17-13(15)16/h3-6,9,15-16H,7-8H2,1-2H3. The Morgan fingerprint density at radius 2 is 1.78 bits per heavy atom. The monoisotopic (exact) mass is 255 g/mol. The number of rotatable bonds is 6. The van der Waals surface area contributed by atoms with Gasteiger partial charge < -0.3 is 4.74 Å². The van der Waals surface area contributed by atoms with Crippen molar-refractivity contribution in [3.63, 3.8) is 0 Å². The molecule has 0 amide bonds. The van der Waals surface area contributed by atoms with E-state index in [4.69, 9.17) is 15.2 Å². The summed E-state index contributed by atoms with van der Waals surface area (Å²) in [4.78, 5) is 15.9. The normalized spacial score (nSPS) is 11.0. The van der Waals surface area contributed by atoms with Gasteiger partial charge in [0.2, 0.25) is 0 Å². The number of nitrogens with zero attached hydrogens (tertiary/aromatic N) is 1. The first-order valence-corrected chi connectivity index (χ1v) is 5.55. The van der Waals surface area contributed by atoms with Gasteiger partial charge in [-0.3, -0.25) is 15.2 Å². The first kappa shape index (κ1) is 14.6. The number of benzene rings is 1. The largest absolute Gasteiger partial charge is 0.463 e. The minimum atomic E-state index is -0.339. The lowest BCUT2D eigenvalue weighted by atomic mass is 10.1. The molecular weight excluding hydrogens is 238 g/mol. The van der Waals surface area contributed by atoms with Crippen molar-refractivity contribution in [3.8, 4) is 0 Å². The molecule has 0 heterocycles. The molecule has 6 heteroatoms. The smallest absolute Gasteiger partial charge is 0.310 e. The predicted molar refractivity (Wildman–Crippen MR) is 61.6 cm³/mol. The van der Waals surface area contributed by atoms with E-state index in [0.29, 0.717) is 0 Å². The molecule has 0 radical (unpaired) electrons. The van der Waals surface area contributed by atoms with Gasteiger partial charge in [-0.05, 0) is 25.0 Å². The number of esters is 1. The Morgan fingerprint density at radius 3 is 2.28 bits per heavy atom. The molecule has 1 rings (SSSR count). The van der Waals surface area contributed by atoms with Crippen molar-refractivity contribution >= 4 is 5.97 Å². The molecule has 0 atom stereocenters. The fourth-order valence-corrected chi connectivity index (χ4v) is 1.36. The van der Waals surface area contributed by atoms with Gasteiger partial charge in [-0.15, -0.1) is 0 Å². The van der Waals surface area contributed by atoms with Crippen molar-refractivity contribution in [1.82, 2.24) is 5.39 Å². The van der Waals surface area contributed by atoms with E-state index in [0.717, 1.165) is 11.1 Å². The van der Waals surface area contributed by atoms with E-state index < -0.39 is 0 Å². The molecule has 6 nitrogen and oxygen atoms in total. The third-order valence-corrected chi connectivity index (χ3v) is 2.09. The Balaban J connectivity index is 2.47. The van der Waals surface area contributed by atoms with Crippen molar-refractivity contribution in [2.75, 3.05) is 0 Å². The van der Waals surface area contributed by atoms with Gasteiger partial charge in [0.25, 0.3) is 0 Å². The Bertz CT molecular complexity index is 375. The molecule has 100 valence electrons. The van der Waals surface area contributed by atoms with Crippen LogP contribution in [0, 0.1) is 0 Å². The van der Waals surface area contributed by atoms with Crippen LogP contribution in [0.4, 0.5) is 0 Å². The van der Waals surface area contributed by atoms with Crippen molar-refractivity contribution in [2.24, 2.45) is 0 Å². The van der Waals surface area contributed by atoms with E-state index >= 15 is 0 Å². The molecule has 0 aromatic heterocycles. The molecule has 1 aromatic carbocycles. The molecule has 0 saturated heterocycles. The molecule has 1 aromatic rings. The second kappa shape index (κ2) is 7.07. The molecule has 0 fully saturated rings. The molecule has 0 aliphatic carbocycles. The van der Waals surface area contributed by atoms with Crippen molar-refractivity contribution < 1.29 is 24.8 Å². The maximum Gasteiger partial charge on any atom is 0.310 e. The lowest BCUT2D eigenvalue weighted by Crippen LogP contribution is -2.14. The zero-order chi connectivity index (χ0) is 13.5. The number of hydrogen-bond donors (Lipinski definition) is 2. The van der Waals surface area contributed by atoms with E-state index in [1.165, 1.54) is 0 Å². The van der Waals surface area contributed by atoms with Gasteiger partial charge in [0, 0.05) is 0 Å². The third kappa shape index (κ3) is 5.74. The molecule has 0 spiro atoms. The van der Waals surface area contributed by atoms with Crippen LogP contribution in [0.5, 0.6) is 0 Å². The first-order valence-electron chi connectivity index (χ1n) is 5.55. The van der Waals surface area contributed by atoms with Gasteiger partial charge in [0.1, 0.15) is 0 Å². The summed E-state index contributed by atoms with van der Waals surface area (Å²) in [6.45, 7) is 3.63. The molecule has 0 aliphatic rings. The SMILES string of the molecule is CC(C)OC(=O)Cc1ccc(CON(O)O)cc1. The Kier molecular flexibility index (Phi) is 5.73. The zero-order valence-corrected chi connectivity index (χ0v) is 10.4.